The number of benzene rings is 1. The van der Waals surface area contributed by atoms with Gasteiger partial charge >= 0.3 is 0 Å². The molecule has 1 aromatic rings. The van der Waals surface area contributed by atoms with Crippen LogP contribution in [-0.4, -0.2) is 17.6 Å². The number of nitrogens with one attached hydrogen (secondary N) is 1. The fourth-order valence-corrected chi connectivity index (χ4v) is 0.822. The standard InChI is InChI=1S/C8H9FN2O2/c9-6-2-1-5(3-7(6)10)11-8(13)4-12/h1-3,12H,4,10H2,(H,11,13). The van der Waals surface area contributed by atoms with Crippen molar-refractivity contribution < 1.29 is 14.3 Å². The van der Waals surface area contributed by atoms with E-state index in [-0.39, 0.29) is 5.69 Å². The third-order valence-corrected chi connectivity index (χ3v) is 1.42. The summed E-state index contributed by atoms with van der Waals surface area (Å²) in [6.07, 6.45) is 0. The van der Waals surface area contributed by atoms with Crippen LogP contribution in [0, 0.1) is 5.82 Å². The number of aliphatic hydroxyl groups is 1. The monoisotopic (exact) mass is 184 g/mol. The van der Waals surface area contributed by atoms with Crippen molar-refractivity contribution in [2.24, 2.45) is 0 Å². The van der Waals surface area contributed by atoms with E-state index >= 15 is 0 Å². The molecule has 0 spiro atoms. The molecule has 0 saturated carbocycles. The van der Waals surface area contributed by atoms with Gasteiger partial charge in [-0.25, -0.2) is 4.39 Å². The first-order valence-corrected chi connectivity index (χ1v) is 3.59. The highest BCUT2D eigenvalue weighted by Gasteiger charge is 2.02. The first-order valence-electron chi connectivity index (χ1n) is 3.59. The zero-order valence-corrected chi connectivity index (χ0v) is 6.75. The van der Waals surface area contributed by atoms with Gasteiger partial charge in [0.05, 0.1) is 5.69 Å². The van der Waals surface area contributed by atoms with E-state index in [0.717, 1.165) is 6.07 Å². The molecular weight excluding hydrogens is 175 g/mol. The lowest BCUT2D eigenvalue weighted by atomic mass is 10.2. The van der Waals surface area contributed by atoms with Gasteiger partial charge in [-0.15, -0.1) is 0 Å². The number of amides is 1. The summed E-state index contributed by atoms with van der Waals surface area (Å²) in [5, 5.41) is 10.7. The average molecular weight is 184 g/mol. The number of carbonyl (C=O) groups excluding carboxylic acids is 1. The van der Waals surface area contributed by atoms with Crippen LogP contribution in [0.15, 0.2) is 18.2 Å². The second-order valence-corrected chi connectivity index (χ2v) is 2.44. The van der Waals surface area contributed by atoms with Crippen molar-refractivity contribution in [3.8, 4) is 0 Å². The van der Waals surface area contributed by atoms with Crippen LogP contribution in [0.5, 0.6) is 0 Å². The fourth-order valence-electron chi connectivity index (χ4n) is 0.822. The second kappa shape index (κ2) is 3.86. The van der Waals surface area contributed by atoms with E-state index in [2.05, 4.69) is 5.32 Å². The number of hydrogen-bond donors (Lipinski definition) is 3. The summed E-state index contributed by atoms with van der Waals surface area (Å²) in [4.78, 5) is 10.7. The average Bonchev–Trinajstić information content (AvgIpc) is 2.11. The molecular formula is C8H9FN2O2. The van der Waals surface area contributed by atoms with E-state index in [1.54, 1.807) is 0 Å². The maximum absolute atomic E-state index is 12.6. The van der Waals surface area contributed by atoms with Crippen LogP contribution in [0.3, 0.4) is 0 Å². The summed E-state index contributed by atoms with van der Waals surface area (Å²) in [6, 6.07) is 3.78. The summed E-state index contributed by atoms with van der Waals surface area (Å²) in [7, 11) is 0. The molecule has 0 aromatic heterocycles. The minimum absolute atomic E-state index is 0.0456. The molecule has 0 atom stereocenters. The highest BCUT2D eigenvalue weighted by Crippen LogP contribution is 2.15. The molecule has 0 radical (unpaired) electrons. The lowest BCUT2D eigenvalue weighted by molar-refractivity contribution is -0.118. The predicted molar refractivity (Wildman–Crippen MR) is 46.5 cm³/mol. The Morgan fingerprint density at radius 2 is 2.31 bits per heavy atom. The largest absolute Gasteiger partial charge is 0.396 e. The number of rotatable bonds is 2. The first kappa shape index (κ1) is 9.47. The third kappa shape index (κ3) is 2.41. The summed E-state index contributed by atoms with van der Waals surface area (Å²) in [5.74, 6) is -1.10. The maximum atomic E-state index is 12.6. The van der Waals surface area contributed by atoms with Crippen molar-refractivity contribution in [2.75, 3.05) is 17.7 Å². The molecule has 70 valence electrons. The molecule has 13 heavy (non-hydrogen) atoms. The summed E-state index contributed by atoms with van der Waals surface area (Å²) in [5.41, 5.74) is 5.56. The van der Waals surface area contributed by atoms with Crippen molar-refractivity contribution in [3.05, 3.63) is 24.0 Å². The Kier molecular flexibility index (Phi) is 2.81. The van der Waals surface area contributed by atoms with Crippen molar-refractivity contribution in [2.45, 2.75) is 0 Å². The lowest BCUT2D eigenvalue weighted by Gasteiger charge is -2.03. The Balaban J connectivity index is 2.79. The summed E-state index contributed by atoms with van der Waals surface area (Å²) < 4.78 is 12.6. The predicted octanol–water partition coefficient (Wildman–Crippen LogP) is 0.339. The van der Waals surface area contributed by atoms with E-state index in [1.165, 1.54) is 12.1 Å². The quantitative estimate of drug-likeness (QED) is 0.580. The molecule has 5 heteroatoms. The van der Waals surface area contributed by atoms with Gasteiger partial charge in [-0.3, -0.25) is 4.79 Å². The van der Waals surface area contributed by atoms with Crippen molar-refractivity contribution in [1.82, 2.24) is 0 Å². The van der Waals surface area contributed by atoms with E-state index in [0.29, 0.717) is 5.69 Å². The molecule has 0 aliphatic rings. The molecule has 1 rings (SSSR count). The minimum Gasteiger partial charge on any atom is -0.396 e. The SMILES string of the molecule is Nc1cc(NC(=O)CO)ccc1F. The maximum Gasteiger partial charge on any atom is 0.250 e. The molecule has 0 aliphatic carbocycles. The van der Waals surface area contributed by atoms with E-state index in [1.807, 2.05) is 0 Å². The molecule has 0 saturated heterocycles. The molecule has 0 bridgehead atoms. The van der Waals surface area contributed by atoms with Gasteiger partial charge in [0.15, 0.2) is 0 Å². The van der Waals surface area contributed by atoms with Crippen molar-refractivity contribution >= 4 is 17.3 Å². The minimum atomic E-state index is -0.614. The number of anilines is 2. The van der Waals surface area contributed by atoms with Gasteiger partial charge in [0.2, 0.25) is 5.91 Å². The molecule has 0 fully saturated rings. The van der Waals surface area contributed by atoms with Gasteiger partial charge in [-0.2, -0.15) is 0 Å². The number of nitrogen functional groups attached to an aromatic ring is 1. The third-order valence-electron chi connectivity index (χ3n) is 1.42. The fraction of sp³-hybridized carbons (Fsp3) is 0.125. The van der Waals surface area contributed by atoms with Crippen LogP contribution >= 0.6 is 0 Å². The zero-order chi connectivity index (χ0) is 9.84. The molecule has 0 aliphatic heterocycles. The van der Waals surface area contributed by atoms with Crippen LogP contribution < -0.4 is 11.1 Å². The van der Waals surface area contributed by atoms with Crippen LogP contribution in [0.2, 0.25) is 0 Å². The zero-order valence-electron chi connectivity index (χ0n) is 6.75. The number of aliphatic hydroxyl groups excluding tert-OH is 1. The Morgan fingerprint density at radius 1 is 1.62 bits per heavy atom. The van der Waals surface area contributed by atoms with Gasteiger partial charge in [-0.1, -0.05) is 0 Å². The van der Waals surface area contributed by atoms with Gasteiger partial charge in [0, 0.05) is 5.69 Å². The highest BCUT2D eigenvalue weighted by molar-refractivity contribution is 5.91. The molecule has 4 nitrogen and oxygen atoms in total. The van der Waals surface area contributed by atoms with Crippen LogP contribution in [-0.2, 0) is 4.79 Å². The topological polar surface area (TPSA) is 75.3 Å². The van der Waals surface area contributed by atoms with E-state index < -0.39 is 18.3 Å². The Hall–Kier alpha value is -1.62. The molecule has 0 unspecified atom stereocenters. The molecule has 1 amide bonds. The molecule has 1 aromatic carbocycles. The van der Waals surface area contributed by atoms with Crippen LogP contribution in [0.25, 0.3) is 0 Å². The Bertz CT molecular complexity index is 328. The van der Waals surface area contributed by atoms with Gasteiger partial charge in [0.1, 0.15) is 12.4 Å². The van der Waals surface area contributed by atoms with Gasteiger partial charge in [-0.05, 0) is 18.2 Å². The second-order valence-electron chi connectivity index (χ2n) is 2.44. The number of hydrogen-bond acceptors (Lipinski definition) is 3. The number of nitrogens with two attached hydrogens (primary N) is 1. The first-order chi connectivity index (χ1) is 6.13. The Labute approximate surface area is 74.2 Å². The Morgan fingerprint density at radius 3 is 2.85 bits per heavy atom. The number of halogens is 1. The summed E-state index contributed by atoms with van der Waals surface area (Å²) >= 11 is 0. The van der Waals surface area contributed by atoms with E-state index in [9.17, 15) is 9.18 Å². The van der Waals surface area contributed by atoms with Crippen molar-refractivity contribution in [3.63, 3.8) is 0 Å². The van der Waals surface area contributed by atoms with Gasteiger partial charge in [0.25, 0.3) is 0 Å². The van der Waals surface area contributed by atoms with Crippen molar-refractivity contribution in [1.29, 1.82) is 0 Å². The van der Waals surface area contributed by atoms with Crippen LogP contribution in [0.1, 0.15) is 0 Å². The highest BCUT2D eigenvalue weighted by atomic mass is 19.1. The number of carbonyl (C=O) groups is 1. The normalized spacial score (nSPS) is 9.69. The smallest absolute Gasteiger partial charge is 0.250 e. The van der Waals surface area contributed by atoms with E-state index in [4.69, 9.17) is 10.8 Å². The van der Waals surface area contributed by atoms with Gasteiger partial charge < -0.3 is 16.2 Å². The molecule has 4 N–H and O–H groups in total. The summed E-state index contributed by atoms with van der Waals surface area (Å²) in [6.45, 7) is -0.614. The lowest BCUT2D eigenvalue weighted by Crippen LogP contribution is -2.15. The van der Waals surface area contributed by atoms with Crippen LogP contribution in [0.4, 0.5) is 15.8 Å². The molecule has 0 heterocycles.